The topological polar surface area (TPSA) is 18.5 Å². The van der Waals surface area contributed by atoms with Gasteiger partial charge in [0, 0.05) is 13.2 Å². The maximum Gasteiger partial charge on any atom is 0.522 e. The first kappa shape index (κ1) is 13.7. The molecule has 0 atom stereocenters. The van der Waals surface area contributed by atoms with Crippen molar-refractivity contribution in [3.63, 3.8) is 0 Å². The molecule has 0 saturated heterocycles. The van der Waals surface area contributed by atoms with E-state index in [9.17, 15) is 13.2 Å². The Balaban J connectivity index is 2.99. The minimum atomic E-state index is -4.50. The van der Waals surface area contributed by atoms with Gasteiger partial charge in [0.2, 0.25) is 0 Å². The van der Waals surface area contributed by atoms with E-state index in [-0.39, 0.29) is 6.61 Å². The first-order valence-corrected chi connectivity index (χ1v) is 4.84. The summed E-state index contributed by atoms with van der Waals surface area (Å²) in [6.45, 7) is 2.99. The summed E-state index contributed by atoms with van der Waals surface area (Å²) in [4.78, 5) is 0. The van der Waals surface area contributed by atoms with Crippen molar-refractivity contribution in [2.45, 2.75) is 39.0 Å². The third kappa shape index (κ3) is 11.7. The number of ether oxygens (including phenoxy) is 2. The molecule has 0 amide bonds. The molecule has 5 heteroatoms. The summed E-state index contributed by atoms with van der Waals surface area (Å²) in [6.07, 6.45) is -1.44. The molecule has 0 aromatic carbocycles. The summed E-state index contributed by atoms with van der Waals surface area (Å²) >= 11 is 0. The van der Waals surface area contributed by atoms with Gasteiger partial charge in [-0.25, -0.2) is 0 Å². The van der Waals surface area contributed by atoms with Crippen molar-refractivity contribution in [3.05, 3.63) is 0 Å². The van der Waals surface area contributed by atoms with Crippen LogP contribution in [0.3, 0.4) is 0 Å². The van der Waals surface area contributed by atoms with Crippen molar-refractivity contribution in [2.75, 3.05) is 19.8 Å². The highest BCUT2D eigenvalue weighted by Crippen LogP contribution is 2.16. The Morgan fingerprint density at radius 3 is 2.07 bits per heavy atom. The lowest BCUT2D eigenvalue weighted by Crippen LogP contribution is -2.14. The molecule has 0 aromatic heterocycles. The number of hydrogen-bond donors (Lipinski definition) is 0. The zero-order valence-electron chi connectivity index (χ0n) is 8.40. The second-order valence-corrected chi connectivity index (χ2v) is 2.97. The van der Waals surface area contributed by atoms with Gasteiger partial charge in [0.1, 0.15) is 0 Å². The molecule has 2 nitrogen and oxygen atoms in total. The largest absolute Gasteiger partial charge is 0.522 e. The molecule has 14 heavy (non-hydrogen) atoms. The highest BCUT2D eigenvalue weighted by atomic mass is 19.4. The smallest absolute Gasteiger partial charge is 0.381 e. The van der Waals surface area contributed by atoms with E-state index in [1.807, 2.05) is 0 Å². The van der Waals surface area contributed by atoms with E-state index in [0.717, 1.165) is 12.8 Å². The van der Waals surface area contributed by atoms with Crippen LogP contribution in [0.5, 0.6) is 0 Å². The Kier molecular flexibility index (Phi) is 7.89. The van der Waals surface area contributed by atoms with E-state index in [0.29, 0.717) is 26.1 Å². The van der Waals surface area contributed by atoms with Crippen LogP contribution in [0.1, 0.15) is 32.6 Å². The minimum absolute atomic E-state index is 0.277. The van der Waals surface area contributed by atoms with E-state index in [2.05, 4.69) is 11.7 Å². The van der Waals surface area contributed by atoms with E-state index < -0.39 is 6.36 Å². The standard InChI is InChI=1S/C9H17F3O2/c1-2-3-6-13-7-4-5-8-14-9(10,11)12/h2-8H2,1H3. The third-order valence-corrected chi connectivity index (χ3v) is 1.59. The number of unbranched alkanes of at least 4 members (excludes halogenated alkanes) is 2. The molecular formula is C9H17F3O2. The van der Waals surface area contributed by atoms with Crippen LogP contribution in [0, 0.1) is 0 Å². The van der Waals surface area contributed by atoms with Gasteiger partial charge in [-0.1, -0.05) is 13.3 Å². The van der Waals surface area contributed by atoms with Crippen molar-refractivity contribution in [1.82, 2.24) is 0 Å². The summed E-state index contributed by atoms with van der Waals surface area (Å²) in [5.74, 6) is 0. The van der Waals surface area contributed by atoms with Crippen LogP contribution >= 0.6 is 0 Å². The van der Waals surface area contributed by atoms with Gasteiger partial charge in [0.15, 0.2) is 0 Å². The molecule has 0 aliphatic carbocycles. The molecule has 0 rings (SSSR count). The molecule has 0 aromatic rings. The summed E-state index contributed by atoms with van der Waals surface area (Å²) in [7, 11) is 0. The molecular weight excluding hydrogens is 197 g/mol. The van der Waals surface area contributed by atoms with Crippen molar-refractivity contribution in [2.24, 2.45) is 0 Å². The molecule has 0 radical (unpaired) electrons. The lowest BCUT2D eigenvalue weighted by atomic mass is 10.3. The van der Waals surface area contributed by atoms with Crippen LogP contribution in [0.2, 0.25) is 0 Å². The molecule has 0 aliphatic rings. The van der Waals surface area contributed by atoms with E-state index in [1.54, 1.807) is 0 Å². The SMILES string of the molecule is CCCCOCCCCOC(F)(F)F. The van der Waals surface area contributed by atoms with Gasteiger partial charge in [0.25, 0.3) is 0 Å². The van der Waals surface area contributed by atoms with Crippen LogP contribution in [-0.4, -0.2) is 26.2 Å². The predicted molar refractivity (Wildman–Crippen MR) is 47.0 cm³/mol. The first-order chi connectivity index (χ1) is 6.56. The van der Waals surface area contributed by atoms with Crippen molar-refractivity contribution in [3.8, 4) is 0 Å². The van der Waals surface area contributed by atoms with Gasteiger partial charge in [-0.3, -0.25) is 4.74 Å². The summed E-state index contributed by atoms with van der Waals surface area (Å²) in [6, 6.07) is 0. The Labute approximate surface area is 82.4 Å². The highest BCUT2D eigenvalue weighted by Gasteiger charge is 2.28. The third-order valence-electron chi connectivity index (χ3n) is 1.59. The van der Waals surface area contributed by atoms with Crippen LogP contribution in [0.25, 0.3) is 0 Å². The van der Waals surface area contributed by atoms with Gasteiger partial charge in [-0.15, -0.1) is 13.2 Å². The number of halogens is 3. The van der Waals surface area contributed by atoms with E-state index >= 15 is 0 Å². The average Bonchev–Trinajstić information content (AvgIpc) is 2.08. The van der Waals surface area contributed by atoms with Gasteiger partial charge >= 0.3 is 6.36 Å². The van der Waals surface area contributed by atoms with E-state index in [4.69, 9.17) is 4.74 Å². The maximum atomic E-state index is 11.5. The summed E-state index contributed by atoms with van der Waals surface area (Å²) in [5.41, 5.74) is 0. The van der Waals surface area contributed by atoms with Crippen LogP contribution in [-0.2, 0) is 9.47 Å². The number of alkyl halides is 3. The van der Waals surface area contributed by atoms with Crippen LogP contribution in [0.15, 0.2) is 0 Å². The molecule has 0 bridgehead atoms. The quantitative estimate of drug-likeness (QED) is 0.578. The molecule has 0 aliphatic heterocycles. The van der Waals surface area contributed by atoms with Crippen LogP contribution in [0.4, 0.5) is 13.2 Å². The van der Waals surface area contributed by atoms with Crippen molar-refractivity contribution in [1.29, 1.82) is 0 Å². The molecule has 0 N–H and O–H groups in total. The molecule has 0 saturated carbocycles. The minimum Gasteiger partial charge on any atom is -0.381 e. The first-order valence-electron chi connectivity index (χ1n) is 4.84. The summed E-state index contributed by atoms with van der Waals surface area (Å²) < 4.78 is 43.2. The van der Waals surface area contributed by atoms with Gasteiger partial charge < -0.3 is 4.74 Å². The highest BCUT2D eigenvalue weighted by molar-refractivity contribution is 4.40. The number of hydrogen-bond acceptors (Lipinski definition) is 2. The Hall–Kier alpha value is -0.290. The molecule has 0 unspecified atom stereocenters. The zero-order chi connectivity index (χ0) is 10.9. The van der Waals surface area contributed by atoms with Crippen molar-refractivity contribution < 1.29 is 22.6 Å². The second-order valence-electron chi connectivity index (χ2n) is 2.97. The normalized spacial score (nSPS) is 12.0. The maximum absolute atomic E-state index is 11.5. The molecule has 0 fully saturated rings. The molecule has 0 heterocycles. The lowest BCUT2D eigenvalue weighted by molar-refractivity contribution is -0.324. The van der Waals surface area contributed by atoms with E-state index in [1.165, 1.54) is 0 Å². The molecule has 86 valence electrons. The predicted octanol–water partition coefficient (Wildman–Crippen LogP) is 3.12. The number of rotatable bonds is 8. The summed E-state index contributed by atoms with van der Waals surface area (Å²) in [5, 5.41) is 0. The van der Waals surface area contributed by atoms with Crippen molar-refractivity contribution >= 4 is 0 Å². The average molecular weight is 214 g/mol. The molecule has 0 spiro atoms. The fourth-order valence-electron chi connectivity index (χ4n) is 0.843. The fraction of sp³-hybridized carbons (Fsp3) is 1.00. The fourth-order valence-corrected chi connectivity index (χ4v) is 0.843. The second kappa shape index (κ2) is 8.05. The van der Waals surface area contributed by atoms with Crippen LogP contribution < -0.4 is 0 Å². The Morgan fingerprint density at radius 1 is 0.929 bits per heavy atom. The van der Waals surface area contributed by atoms with Gasteiger partial charge in [-0.05, 0) is 19.3 Å². The Morgan fingerprint density at radius 2 is 1.50 bits per heavy atom. The van der Waals surface area contributed by atoms with Gasteiger partial charge in [-0.2, -0.15) is 0 Å². The monoisotopic (exact) mass is 214 g/mol. The zero-order valence-corrected chi connectivity index (χ0v) is 8.40. The lowest BCUT2D eigenvalue weighted by Gasteiger charge is -2.07. The Bertz CT molecular complexity index is 126. The van der Waals surface area contributed by atoms with Gasteiger partial charge in [0.05, 0.1) is 6.61 Å².